The van der Waals surface area contributed by atoms with Crippen LogP contribution in [0.25, 0.3) is 0 Å². The third-order valence-electron chi connectivity index (χ3n) is 3.84. The number of nitrogens with zero attached hydrogens (tertiary/aromatic N) is 1. The van der Waals surface area contributed by atoms with Gasteiger partial charge in [-0.3, -0.25) is 10.1 Å². The molecule has 1 aliphatic rings. The number of rotatable bonds is 6. The number of nitrogens with one attached hydrogen (secondary N) is 1. The Labute approximate surface area is 124 Å². The molecule has 1 aromatic rings. The van der Waals surface area contributed by atoms with Crippen LogP contribution < -0.4 is 10.1 Å². The topological polar surface area (TPSA) is 73.6 Å². The number of nitro benzene ring substituents is 1. The average molecular weight is 294 g/mol. The maximum absolute atomic E-state index is 11.2. The van der Waals surface area contributed by atoms with E-state index in [0.717, 1.165) is 25.7 Å². The Kier molecular flexibility index (Phi) is 5.38. The van der Waals surface area contributed by atoms with Crippen LogP contribution in [0, 0.1) is 10.1 Å². The lowest BCUT2D eigenvalue weighted by molar-refractivity contribution is -0.384. The third-order valence-corrected chi connectivity index (χ3v) is 3.84. The minimum atomic E-state index is -0.369. The van der Waals surface area contributed by atoms with Gasteiger partial charge in [-0.2, -0.15) is 0 Å². The normalized spacial score (nSPS) is 21.8. The molecule has 6 heteroatoms. The molecule has 0 bridgehead atoms. The van der Waals surface area contributed by atoms with Gasteiger partial charge in [0, 0.05) is 13.2 Å². The zero-order valence-electron chi connectivity index (χ0n) is 12.5. The maximum Gasteiger partial charge on any atom is 0.296 e. The molecule has 0 radical (unpaired) electrons. The molecule has 0 atom stereocenters. The van der Waals surface area contributed by atoms with Gasteiger partial charge in [-0.15, -0.1) is 0 Å². The van der Waals surface area contributed by atoms with Crippen molar-refractivity contribution in [1.82, 2.24) is 0 Å². The number of methoxy groups -OCH3 is 1. The summed E-state index contributed by atoms with van der Waals surface area (Å²) in [6.07, 6.45) is 4.21. The number of benzene rings is 1. The highest BCUT2D eigenvalue weighted by molar-refractivity contribution is 5.64. The van der Waals surface area contributed by atoms with Crippen LogP contribution in [0.5, 0.6) is 5.75 Å². The first kappa shape index (κ1) is 15.6. The van der Waals surface area contributed by atoms with Crippen LogP contribution in [0.15, 0.2) is 18.2 Å². The first-order chi connectivity index (χ1) is 10.1. The molecule has 6 nitrogen and oxygen atoms in total. The highest BCUT2D eigenvalue weighted by Crippen LogP contribution is 2.32. The molecule has 1 N–H and O–H groups in total. The average Bonchev–Trinajstić information content (AvgIpc) is 2.49. The molecular weight excluding hydrogens is 272 g/mol. The van der Waals surface area contributed by atoms with Crippen molar-refractivity contribution in [3.63, 3.8) is 0 Å². The van der Waals surface area contributed by atoms with Gasteiger partial charge in [0.05, 0.1) is 23.7 Å². The van der Waals surface area contributed by atoms with E-state index in [1.807, 2.05) is 6.92 Å². The molecule has 2 rings (SSSR count). The van der Waals surface area contributed by atoms with Gasteiger partial charge in [0.1, 0.15) is 11.4 Å². The Morgan fingerprint density at radius 3 is 2.62 bits per heavy atom. The van der Waals surface area contributed by atoms with Gasteiger partial charge in [0.2, 0.25) is 0 Å². The zero-order valence-corrected chi connectivity index (χ0v) is 12.5. The summed E-state index contributed by atoms with van der Waals surface area (Å²) in [5.74, 6) is 0.526. The largest absolute Gasteiger partial charge is 0.494 e. The van der Waals surface area contributed by atoms with Crippen molar-refractivity contribution < 1.29 is 14.4 Å². The van der Waals surface area contributed by atoms with Gasteiger partial charge in [0.25, 0.3) is 5.69 Å². The summed E-state index contributed by atoms with van der Waals surface area (Å²) in [5.41, 5.74) is 0.624. The molecule has 0 amide bonds. The fourth-order valence-electron chi connectivity index (χ4n) is 2.70. The van der Waals surface area contributed by atoms with Gasteiger partial charge in [0.15, 0.2) is 0 Å². The molecule has 1 aliphatic carbocycles. The number of nitro groups is 1. The van der Waals surface area contributed by atoms with E-state index in [9.17, 15) is 10.1 Å². The van der Waals surface area contributed by atoms with Crippen LogP contribution in [0.4, 0.5) is 11.4 Å². The van der Waals surface area contributed by atoms with E-state index >= 15 is 0 Å². The quantitative estimate of drug-likeness (QED) is 0.643. The summed E-state index contributed by atoms with van der Waals surface area (Å²) in [7, 11) is 1.73. The molecule has 1 saturated carbocycles. The van der Waals surface area contributed by atoms with Crippen molar-refractivity contribution in [2.45, 2.75) is 44.8 Å². The summed E-state index contributed by atoms with van der Waals surface area (Å²) >= 11 is 0. The van der Waals surface area contributed by atoms with E-state index in [1.54, 1.807) is 19.2 Å². The summed E-state index contributed by atoms with van der Waals surface area (Å²) in [4.78, 5) is 10.8. The number of ether oxygens (including phenoxy) is 2. The smallest absolute Gasteiger partial charge is 0.296 e. The minimum Gasteiger partial charge on any atom is -0.494 e. The summed E-state index contributed by atoms with van der Waals surface area (Å²) in [6, 6.07) is 5.23. The van der Waals surface area contributed by atoms with E-state index in [0.29, 0.717) is 24.1 Å². The number of hydrogen-bond acceptors (Lipinski definition) is 5. The van der Waals surface area contributed by atoms with Gasteiger partial charge in [-0.05, 0) is 44.7 Å². The van der Waals surface area contributed by atoms with Gasteiger partial charge in [-0.25, -0.2) is 0 Å². The second-order valence-electron chi connectivity index (χ2n) is 5.22. The van der Waals surface area contributed by atoms with Crippen molar-refractivity contribution in [2.24, 2.45) is 0 Å². The fourth-order valence-corrected chi connectivity index (χ4v) is 2.70. The van der Waals surface area contributed by atoms with Crippen LogP contribution in [-0.4, -0.2) is 30.8 Å². The highest BCUT2D eigenvalue weighted by Gasteiger charge is 2.23. The molecular formula is C15H22N2O4. The lowest BCUT2D eigenvalue weighted by Crippen LogP contribution is -2.29. The Morgan fingerprint density at radius 2 is 2.05 bits per heavy atom. The van der Waals surface area contributed by atoms with E-state index in [4.69, 9.17) is 9.47 Å². The maximum atomic E-state index is 11.2. The van der Waals surface area contributed by atoms with E-state index < -0.39 is 0 Å². The molecule has 116 valence electrons. The predicted molar refractivity (Wildman–Crippen MR) is 80.9 cm³/mol. The Morgan fingerprint density at radius 1 is 1.33 bits per heavy atom. The predicted octanol–water partition coefficient (Wildman–Crippen LogP) is 3.36. The zero-order chi connectivity index (χ0) is 15.2. The van der Waals surface area contributed by atoms with Crippen LogP contribution in [0.1, 0.15) is 32.6 Å². The first-order valence-corrected chi connectivity index (χ1v) is 7.34. The molecule has 0 spiro atoms. The monoisotopic (exact) mass is 294 g/mol. The van der Waals surface area contributed by atoms with Crippen molar-refractivity contribution in [1.29, 1.82) is 0 Å². The molecule has 21 heavy (non-hydrogen) atoms. The molecule has 1 fully saturated rings. The standard InChI is InChI=1S/C15H22N2O4/c1-3-21-13-8-9-14(15(10-13)17(18)19)16-11-4-6-12(20-2)7-5-11/h8-12,16H,3-7H2,1-2H3. The molecule has 0 saturated heterocycles. The fraction of sp³-hybridized carbons (Fsp3) is 0.600. The van der Waals surface area contributed by atoms with Crippen LogP contribution >= 0.6 is 0 Å². The number of anilines is 1. The second kappa shape index (κ2) is 7.26. The Bertz CT molecular complexity index is 485. The van der Waals surface area contributed by atoms with Crippen molar-refractivity contribution in [3.8, 4) is 5.75 Å². The van der Waals surface area contributed by atoms with Crippen LogP contribution in [0.3, 0.4) is 0 Å². The summed E-state index contributed by atoms with van der Waals surface area (Å²) in [5, 5.41) is 14.5. The minimum absolute atomic E-state index is 0.0646. The molecule has 0 unspecified atom stereocenters. The van der Waals surface area contributed by atoms with Crippen LogP contribution in [-0.2, 0) is 4.74 Å². The molecule has 1 aromatic carbocycles. The number of hydrogen-bond donors (Lipinski definition) is 1. The Hall–Kier alpha value is -1.82. The van der Waals surface area contributed by atoms with Gasteiger partial charge < -0.3 is 14.8 Å². The first-order valence-electron chi connectivity index (χ1n) is 7.34. The van der Waals surface area contributed by atoms with E-state index in [-0.39, 0.29) is 16.7 Å². The summed E-state index contributed by atoms with van der Waals surface area (Å²) < 4.78 is 10.7. The van der Waals surface area contributed by atoms with Crippen molar-refractivity contribution in [2.75, 3.05) is 19.0 Å². The van der Waals surface area contributed by atoms with E-state index in [1.165, 1.54) is 6.07 Å². The Balaban J connectivity index is 2.07. The third kappa shape index (κ3) is 4.07. The lowest BCUT2D eigenvalue weighted by atomic mass is 9.92. The SMILES string of the molecule is CCOc1ccc(NC2CCC(OC)CC2)c([N+](=O)[O-])c1. The molecule has 0 heterocycles. The van der Waals surface area contributed by atoms with Crippen LogP contribution in [0.2, 0.25) is 0 Å². The van der Waals surface area contributed by atoms with Crippen molar-refractivity contribution >= 4 is 11.4 Å². The highest BCUT2D eigenvalue weighted by atomic mass is 16.6. The van der Waals surface area contributed by atoms with Gasteiger partial charge in [-0.1, -0.05) is 0 Å². The van der Waals surface area contributed by atoms with E-state index in [2.05, 4.69) is 5.32 Å². The lowest BCUT2D eigenvalue weighted by Gasteiger charge is -2.28. The summed E-state index contributed by atoms with van der Waals surface area (Å²) in [6.45, 7) is 2.34. The van der Waals surface area contributed by atoms with Crippen molar-refractivity contribution in [3.05, 3.63) is 28.3 Å². The van der Waals surface area contributed by atoms with Gasteiger partial charge >= 0.3 is 0 Å². The molecule has 0 aromatic heterocycles. The second-order valence-corrected chi connectivity index (χ2v) is 5.22. The molecule has 0 aliphatic heterocycles.